The molecule has 1 aliphatic rings. The molecule has 1 aliphatic heterocycles. The number of carbonyl (C=O) groups is 2. The maximum atomic E-state index is 11.9. The van der Waals surface area contributed by atoms with Gasteiger partial charge in [0, 0.05) is 0 Å². The minimum absolute atomic E-state index is 0.0146. The Morgan fingerprint density at radius 3 is 2.95 bits per heavy atom. The Labute approximate surface area is 111 Å². The molecule has 2 amide bonds. The van der Waals surface area contributed by atoms with Gasteiger partial charge in [-0.25, -0.2) is 4.79 Å². The Bertz CT molecular complexity index is 475. The first kappa shape index (κ1) is 13.2. The average Bonchev–Trinajstić information content (AvgIpc) is 2.78. The van der Waals surface area contributed by atoms with E-state index in [-0.39, 0.29) is 12.5 Å². The maximum absolute atomic E-state index is 11.9. The monoisotopic (exact) mass is 264 g/mol. The zero-order valence-corrected chi connectivity index (χ0v) is 10.7. The van der Waals surface area contributed by atoms with Crippen molar-refractivity contribution in [3.05, 3.63) is 24.3 Å². The molecule has 0 radical (unpaired) electrons. The lowest BCUT2D eigenvalue weighted by Gasteiger charge is -2.14. The Balaban J connectivity index is 1.96. The predicted octanol–water partition coefficient (Wildman–Crippen LogP) is 1.48. The molecule has 1 N–H and O–H groups in total. The first-order chi connectivity index (χ1) is 9.20. The van der Waals surface area contributed by atoms with Crippen LogP contribution in [0, 0.1) is 0 Å². The molecule has 0 aromatic heterocycles. The summed E-state index contributed by atoms with van der Waals surface area (Å²) in [5.41, 5.74) is 0.599. The van der Waals surface area contributed by atoms with Gasteiger partial charge < -0.3 is 14.8 Å². The molecule has 1 aromatic carbocycles. The van der Waals surface area contributed by atoms with Crippen LogP contribution in [0.1, 0.15) is 6.92 Å². The van der Waals surface area contributed by atoms with Gasteiger partial charge in [-0.15, -0.1) is 0 Å². The number of carbonyl (C=O) groups excluding carboxylic acids is 2. The van der Waals surface area contributed by atoms with Crippen LogP contribution in [-0.4, -0.2) is 43.2 Å². The number of amides is 2. The molecule has 0 unspecified atom stereocenters. The smallest absolute Gasteiger partial charge is 0.410 e. The average molecular weight is 264 g/mol. The van der Waals surface area contributed by atoms with Gasteiger partial charge in [0.25, 0.3) is 0 Å². The molecule has 2 rings (SSSR count). The zero-order valence-electron chi connectivity index (χ0n) is 10.7. The van der Waals surface area contributed by atoms with Crippen LogP contribution in [0.4, 0.5) is 10.5 Å². The van der Waals surface area contributed by atoms with E-state index in [9.17, 15) is 9.59 Å². The summed E-state index contributed by atoms with van der Waals surface area (Å²) in [6, 6.07) is 7.18. The molecular weight excluding hydrogens is 248 g/mol. The molecule has 0 saturated carbocycles. The van der Waals surface area contributed by atoms with Gasteiger partial charge >= 0.3 is 6.09 Å². The molecule has 0 aliphatic carbocycles. The van der Waals surface area contributed by atoms with Crippen LogP contribution in [0.25, 0.3) is 0 Å². The van der Waals surface area contributed by atoms with Crippen molar-refractivity contribution in [2.24, 2.45) is 0 Å². The summed E-state index contributed by atoms with van der Waals surface area (Å²) in [6.07, 6.45) is -0.451. The summed E-state index contributed by atoms with van der Waals surface area (Å²) in [7, 11) is 0. The maximum Gasteiger partial charge on any atom is 0.410 e. The van der Waals surface area contributed by atoms with Crippen molar-refractivity contribution >= 4 is 17.7 Å². The third-order valence-electron chi connectivity index (χ3n) is 2.64. The van der Waals surface area contributed by atoms with Crippen LogP contribution in [0.3, 0.4) is 0 Å². The van der Waals surface area contributed by atoms with E-state index < -0.39 is 6.09 Å². The molecule has 0 bridgehead atoms. The second-order valence-electron chi connectivity index (χ2n) is 4.01. The van der Waals surface area contributed by atoms with Crippen molar-refractivity contribution in [2.75, 3.05) is 31.6 Å². The van der Waals surface area contributed by atoms with Crippen molar-refractivity contribution in [1.82, 2.24) is 4.90 Å². The van der Waals surface area contributed by atoms with Gasteiger partial charge in [0.2, 0.25) is 5.91 Å². The number of para-hydroxylation sites is 2. The summed E-state index contributed by atoms with van der Waals surface area (Å²) in [4.78, 5) is 24.4. The Morgan fingerprint density at radius 1 is 1.47 bits per heavy atom. The van der Waals surface area contributed by atoms with Crippen molar-refractivity contribution in [3.8, 4) is 5.75 Å². The van der Waals surface area contributed by atoms with Crippen LogP contribution in [0.15, 0.2) is 24.3 Å². The molecular formula is C13H16N2O4. The highest BCUT2D eigenvalue weighted by Crippen LogP contribution is 2.23. The van der Waals surface area contributed by atoms with Gasteiger partial charge in [0.05, 0.1) is 18.8 Å². The van der Waals surface area contributed by atoms with Crippen LogP contribution >= 0.6 is 0 Å². The second kappa shape index (κ2) is 6.08. The third-order valence-corrected chi connectivity index (χ3v) is 2.64. The zero-order chi connectivity index (χ0) is 13.7. The number of nitrogens with zero attached hydrogens (tertiary/aromatic N) is 1. The summed E-state index contributed by atoms with van der Waals surface area (Å²) in [5, 5.41) is 2.73. The number of ether oxygens (including phenoxy) is 2. The van der Waals surface area contributed by atoms with E-state index in [4.69, 9.17) is 9.47 Å². The molecule has 0 spiro atoms. The van der Waals surface area contributed by atoms with E-state index >= 15 is 0 Å². The van der Waals surface area contributed by atoms with Crippen LogP contribution in [-0.2, 0) is 9.53 Å². The van der Waals surface area contributed by atoms with Crippen molar-refractivity contribution < 1.29 is 19.1 Å². The van der Waals surface area contributed by atoms with Crippen molar-refractivity contribution in [2.45, 2.75) is 6.92 Å². The Morgan fingerprint density at radius 2 is 2.26 bits per heavy atom. The molecule has 1 saturated heterocycles. The topological polar surface area (TPSA) is 67.9 Å². The standard InChI is InChI=1S/C13H16N2O4/c1-2-18-11-6-4-3-5-10(11)14-12(16)9-15-7-8-19-13(15)17/h3-6H,2,7-9H2,1H3,(H,14,16). The predicted molar refractivity (Wildman–Crippen MR) is 69.2 cm³/mol. The van der Waals surface area contributed by atoms with Crippen LogP contribution in [0.5, 0.6) is 5.75 Å². The molecule has 19 heavy (non-hydrogen) atoms. The number of benzene rings is 1. The minimum atomic E-state index is -0.451. The van der Waals surface area contributed by atoms with Crippen molar-refractivity contribution in [1.29, 1.82) is 0 Å². The number of hydrogen-bond donors (Lipinski definition) is 1. The van der Waals surface area contributed by atoms with Gasteiger partial charge in [-0.05, 0) is 19.1 Å². The highest BCUT2D eigenvalue weighted by molar-refractivity contribution is 5.95. The molecule has 0 atom stereocenters. The lowest BCUT2D eigenvalue weighted by Crippen LogP contribution is -2.33. The van der Waals surface area contributed by atoms with Crippen molar-refractivity contribution in [3.63, 3.8) is 0 Å². The fourth-order valence-corrected chi connectivity index (χ4v) is 1.78. The summed E-state index contributed by atoms with van der Waals surface area (Å²) in [6.45, 7) is 3.16. The van der Waals surface area contributed by atoms with Gasteiger partial charge in [0.1, 0.15) is 18.9 Å². The minimum Gasteiger partial charge on any atom is -0.492 e. The Hall–Kier alpha value is -2.24. The largest absolute Gasteiger partial charge is 0.492 e. The summed E-state index contributed by atoms with van der Waals surface area (Å²) in [5.74, 6) is 0.341. The molecule has 1 heterocycles. The molecule has 1 fully saturated rings. The van der Waals surface area contributed by atoms with E-state index in [1.54, 1.807) is 12.1 Å². The van der Waals surface area contributed by atoms with E-state index in [2.05, 4.69) is 5.32 Å². The van der Waals surface area contributed by atoms with E-state index in [0.717, 1.165) is 0 Å². The first-order valence-corrected chi connectivity index (χ1v) is 6.14. The van der Waals surface area contributed by atoms with Gasteiger partial charge in [-0.2, -0.15) is 0 Å². The summed E-state index contributed by atoms with van der Waals surface area (Å²) >= 11 is 0. The number of nitrogens with one attached hydrogen (secondary N) is 1. The molecule has 6 nitrogen and oxygen atoms in total. The normalized spacial score (nSPS) is 14.2. The number of hydrogen-bond acceptors (Lipinski definition) is 4. The highest BCUT2D eigenvalue weighted by Gasteiger charge is 2.24. The lowest BCUT2D eigenvalue weighted by molar-refractivity contribution is -0.116. The number of cyclic esters (lactones) is 1. The lowest BCUT2D eigenvalue weighted by atomic mass is 10.3. The quantitative estimate of drug-likeness (QED) is 0.874. The van der Waals surface area contributed by atoms with Gasteiger partial charge in [-0.3, -0.25) is 9.69 Å². The number of anilines is 1. The fraction of sp³-hybridized carbons (Fsp3) is 0.385. The summed E-state index contributed by atoms with van der Waals surface area (Å²) < 4.78 is 10.2. The number of rotatable bonds is 5. The highest BCUT2D eigenvalue weighted by atomic mass is 16.6. The fourth-order valence-electron chi connectivity index (χ4n) is 1.78. The van der Waals surface area contributed by atoms with E-state index in [0.29, 0.717) is 31.2 Å². The molecule has 102 valence electrons. The first-order valence-electron chi connectivity index (χ1n) is 6.14. The third kappa shape index (κ3) is 3.37. The second-order valence-corrected chi connectivity index (χ2v) is 4.01. The Kier molecular flexibility index (Phi) is 4.22. The van der Waals surface area contributed by atoms with E-state index in [1.165, 1.54) is 4.90 Å². The molecule has 1 aromatic rings. The van der Waals surface area contributed by atoms with Gasteiger partial charge in [0.15, 0.2) is 0 Å². The molecule has 6 heteroatoms. The SMILES string of the molecule is CCOc1ccccc1NC(=O)CN1CCOC1=O. The van der Waals surface area contributed by atoms with Crippen LogP contribution < -0.4 is 10.1 Å². The van der Waals surface area contributed by atoms with Gasteiger partial charge in [-0.1, -0.05) is 12.1 Å². The van der Waals surface area contributed by atoms with E-state index in [1.807, 2.05) is 19.1 Å². The van der Waals surface area contributed by atoms with Crippen LogP contribution in [0.2, 0.25) is 0 Å².